The zero-order chi connectivity index (χ0) is 12.1. The lowest BCUT2D eigenvalue weighted by molar-refractivity contribution is -0.154. The molecule has 0 amide bonds. The quantitative estimate of drug-likeness (QED) is 0.864. The average Bonchev–Trinajstić information content (AvgIpc) is 2.16. The molecule has 0 spiro atoms. The predicted molar refractivity (Wildman–Crippen MR) is 62.5 cm³/mol. The van der Waals surface area contributed by atoms with Gasteiger partial charge in [0.1, 0.15) is 0 Å². The van der Waals surface area contributed by atoms with Gasteiger partial charge in [-0.1, -0.05) is 37.6 Å². The van der Waals surface area contributed by atoms with Crippen molar-refractivity contribution in [2.75, 3.05) is 0 Å². The Bertz CT molecular complexity index is 363. The minimum absolute atomic E-state index is 0.0586. The zero-order valence-corrected chi connectivity index (χ0v) is 10.1. The molecule has 1 aromatic rings. The molecule has 0 saturated heterocycles. The molecule has 0 heterocycles. The summed E-state index contributed by atoms with van der Waals surface area (Å²) in [4.78, 5) is 10.9. The summed E-state index contributed by atoms with van der Waals surface area (Å²) >= 11 is 5.81. The van der Waals surface area contributed by atoms with Gasteiger partial charge in [0.15, 0.2) is 6.10 Å². The van der Waals surface area contributed by atoms with Gasteiger partial charge in [0.2, 0.25) is 0 Å². The fourth-order valence-corrected chi connectivity index (χ4v) is 1.57. The van der Waals surface area contributed by atoms with Crippen LogP contribution in [0.15, 0.2) is 24.3 Å². The number of ether oxygens (including phenoxy) is 1. The lowest BCUT2D eigenvalue weighted by Crippen LogP contribution is -2.29. The SMILES string of the molecule is CC(C)C(OCc1cccc(Cl)c1)C(=O)O. The fraction of sp³-hybridized carbons (Fsp3) is 0.417. The number of hydrogen-bond acceptors (Lipinski definition) is 2. The van der Waals surface area contributed by atoms with Crippen molar-refractivity contribution in [3.8, 4) is 0 Å². The van der Waals surface area contributed by atoms with E-state index in [0.29, 0.717) is 5.02 Å². The molecule has 0 aliphatic heterocycles. The molecular weight excluding hydrogens is 228 g/mol. The van der Waals surface area contributed by atoms with E-state index >= 15 is 0 Å². The van der Waals surface area contributed by atoms with Crippen molar-refractivity contribution in [1.82, 2.24) is 0 Å². The molecule has 1 rings (SSSR count). The summed E-state index contributed by atoms with van der Waals surface area (Å²) in [6.07, 6.45) is -0.779. The lowest BCUT2D eigenvalue weighted by atomic mass is 10.1. The molecule has 0 fully saturated rings. The molecule has 1 N–H and O–H groups in total. The Kier molecular flexibility index (Phi) is 4.77. The first kappa shape index (κ1) is 13.0. The van der Waals surface area contributed by atoms with Gasteiger partial charge in [-0.3, -0.25) is 0 Å². The molecule has 3 nitrogen and oxygen atoms in total. The standard InChI is InChI=1S/C12H15ClO3/c1-8(2)11(12(14)15)16-7-9-4-3-5-10(13)6-9/h3-6,8,11H,7H2,1-2H3,(H,14,15). The van der Waals surface area contributed by atoms with Crippen molar-refractivity contribution in [1.29, 1.82) is 0 Å². The monoisotopic (exact) mass is 242 g/mol. The van der Waals surface area contributed by atoms with E-state index in [1.807, 2.05) is 26.0 Å². The first-order chi connectivity index (χ1) is 7.50. The van der Waals surface area contributed by atoms with Crippen LogP contribution in [-0.4, -0.2) is 17.2 Å². The summed E-state index contributed by atoms with van der Waals surface area (Å²) in [5.41, 5.74) is 0.874. The zero-order valence-electron chi connectivity index (χ0n) is 9.31. The Morgan fingerprint density at radius 1 is 1.50 bits per heavy atom. The number of aliphatic carboxylic acids is 1. The Hall–Kier alpha value is -1.06. The second-order valence-corrected chi connectivity index (χ2v) is 4.38. The third kappa shape index (κ3) is 3.83. The average molecular weight is 243 g/mol. The highest BCUT2D eigenvalue weighted by atomic mass is 35.5. The Labute approximate surface area is 100.0 Å². The largest absolute Gasteiger partial charge is 0.479 e. The van der Waals surface area contributed by atoms with Crippen LogP contribution in [0.4, 0.5) is 0 Å². The maximum Gasteiger partial charge on any atom is 0.333 e. The van der Waals surface area contributed by atoms with Gasteiger partial charge in [0.25, 0.3) is 0 Å². The van der Waals surface area contributed by atoms with E-state index in [9.17, 15) is 4.79 Å². The van der Waals surface area contributed by atoms with Crippen molar-refractivity contribution in [2.24, 2.45) is 5.92 Å². The maximum atomic E-state index is 10.9. The smallest absolute Gasteiger partial charge is 0.333 e. The molecule has 0 aliphatic carbocycles. The van der Waals surface area contributed by atoms with Crippen LogP contribution in [0, 0.1) is 5.92 Å². The number of carboxylic acid groups (broad SMARTS) is 1. The number of rotatable bonds is 5. The van der Waals surface area contributed by atoms with Gasteiger partial charge >= 0.3 is 5.97 Å². The number of benzene rings is 1. The van der Waals surface area contributed by atoms with Crippen LogP contribution >= 0.6 is 11.6 Å². The predicted octanol–water partition coefficient (Wildman–Crippen LogP) is 2.97. The molecule has 1 atom stereocenters. The molecule has 0 bridgehead atoms. The van der Waals surface area contributed by atoms with Crippen LogP contribution in [0.2, 0.25) is 5.02 Å². The topological polar surface area (TPSA) is 46.5 Å². The molecule has 0 radical (unpaired) electrons. The van der Waals surface area contributed by atoms with Crippen LogP contribution in [0.25, 0.3) is 0 Å². The first-order valence-corrected chi connectivity index (χ1v) is 5.47. The molecule has 1 aromatic carbocycles. The van der Waals surface area contributed by atoms with Gasteiger partial charge in [-0.05, 0) is 23.6 Å². The lowest BCUT2D eigenvalue weighted by Gasteiger charge is -2.17. The summed E-state index contributed by atoms with van der Waals surface area (Å²) in [7, 11) is 0. The van der Waals surface area contributed by atoms with Crippen LogP contribution in [0.1, 0.15) is 19.4 Å². The van der Waals surface area contributed by atoms with Crippen molar-refractivity contribution in [3.05, 3.63) is 34.9 Å². The third-order valence-electron chi connectivity index (χ3n) is 2.17. The second-order valence-electron chi connectivity index (χ2n) is 3.94. The van der Waals surface area contributed by atoms with Gasteiger partial charge in [0, 0.05) is 5.02 Å². The summed E-state index contributed by atoms with van der Waals surface area (Å²) in [5, 5.41) is 9.55. The van der Waals surface area contributed by atoms with E-state index in [1.165, 1.54) is 0 Å². The molecule has 16 heavy (non-hydrogen) atoms. The number of hydrogen-bond donors (Lipinski definition) is 1. The second kappa shape index (κ2) is 5.87. The number of carboxylic acids is 1. The highest BCUT2D eigenvalue weighted by molar-refractivity contribution is 6.30. The van der Waals surface area contributed by atoms with Crippen LogP contribution in [-0.2, 0) is 16.1 Å². The summed E-state index contributed by atoms with van der Waals surface area (Å²) in [6.45, 7) is 3.89. The van der Waals surface area contributed by atoms with Crippen molar-refractivity contribution in [2.45, 2.75) is 26.6 Å². The van der Waals surface area contributed by atoms with E-state index in [2.05, 4.69) is 0 Å². The van der Waals surface area contributed by atoms with Gasteiger partial charge in [-0.25, -0.2) is 4.79 Å². The number of carbonyl (C=O) groups is 1. The van der Waals surface area contributed by atoms with Crippen LogP contribution in [0.3, 0.4) is 0 Å². The van der Waals surface area contributed by atoms with E-state index in [0.717, 1.165) is 5.56 Å². The number of halogens is 1. The molecular formula is C12H15ClO3. The molecule has 88 valence electrons. The molecule has 0 aliphatic rings. The van der Waals surface area contributed by atoms with E-state index < -0.39 is 12.1 Å². The van der Waals surface area contributed by atoms with Crippen molar-refractivity contribution in [3.63, 3.8) is 0 Å². The molecule has 1 unspecified atom stereocenters. The molecule has 0 aromatic heterocycles. The van der Waals surface area contributed by atoms with Gasteiger partial charge in [-0.15, -0.1) is 0 Å². The highest BCUT2D eigenvalue weighted by Gasteiger charge is 2.21. The minimum Gasteiger partial charge on any atom is -0.479 e. The Morgan fingerprint density at radius 2 is 2.19 bits per heavy atom. The first-order valence-electron chi connectivity index (χ1n) is 5.09. The van der Waals surface area contributed by atoms with Gasteiger partial charge in [0.05, 0.1) is 6.61 Å². The Balaban J connectivity index is 2.59. The van der Waals surface area contributed by atoms with Gasteiger partial charge < -0.3 is 9.84 Å². The van der Waals surface area contributed by atoms with Crippen LogP contribution < -0.4 is 0 Å². The van der Waals surface area contributed by atoms with Gasteiger partial charge in [-0.2, -0.15) is 0 Å². The molecule has 0 saturated carbocycles. The summed E-state index contributed by atoms with van der Waals surface area (Å²) in [6, 6.07) is 7.19. The Morgan fingerprint density at radius 3 is 2.69 bits per heavy atom. The normalized spacial score (nSPS) is 12.8. The van der Waals surface area contributed by atoms with Crippen molar-refractivity contribution >= 4 is 17.6 Å². The summed E-state index contributed by atoms with van der Waals surface area (Å²) in [5.74, 6) is -0.992. The fourth-order valence-electron chi connectivity index (χ4n) is 1.36. The van der Waals surface area contributed by atoms with E-state index in [-0.39, 0.29) is 12.5 Å². The molecule has 4 heteroatoms. The minimum atomic E-state index is -0.933. The van der Waals surface area contributed by atoms with E-state index in [1.54, 1.807) is 12.1 Å². The van der Waals surface area contributed by atoms with Crippen molar-refractivity contribution < 1.29 is 14.6 Å². The highest BCUT2D eigenvalue weighted by Crippen LogP contribution is 2.14. The maximum absolute atomic E-state index is 10.9. The van der Waals surface area contributed by atoms with Crippen LogP contribution in [0.5, 0.6) is 0 Å². The third-order valence-corrected chi connectivity index (χ3v) is 2.40. The summed E-state index contributed by atoms with van der Waals surface area (Å²) < 4.78 is 5.35. The van der Waals surface area contributed by atoms with E-state index in [4.69, 9.17) is 21.4 Å².